The molecule has 0 atom stereocenters. The van der Waals surface area contributed by atoms with Gasteiger partial charge in [-0.05, 0) is 32.9 Å². The van der Waals surface area contributed by atoms with Crippen molar-refractivity contribution < 1.29 is 9.53 Å². The van der Waals surface area contributed by atoms with Crippen LogP contribution in [0.2, 0.25) is 0 Å². The first-order valence-electron chi connectivity index (χ1n) is 7.72. The monoisotopic (exact) mass is 447 g/mol. The summed E-state index contributed by atoms with van der Waals surface area (Å²) in [5, 5.41) is 6.49. The fourth-order valence-electron chi connectivity index (χ4n) is 2.11. The molecule has 8 heteroatoms. The molecular weight excluding hydrogens is 421 g/mol. The van der Waals surface area contributed by atoms with E-state index in [-0.39, 0.29) is 36.1 Å². The zero-order chi connectivity index (χ0) is 16.9. The number of hydrogen-bond donors (Lipinski definition) is 2. The second kappa shape index (κ2) is 9.05. The van der Waals surface area contributed by atoms with Crippen molar-refractivity contribution in [2.45, 2.75) is 39.0 Å². The van der Waals surface area contributed by atoms with E-state index in [1.165, 1.54) is 0 Å². The third-order valence-electron chi connectivity index (χ3n) is 3.26. The molecular formula is C16H26IN5O2. The van der Waals surface area contributed by atoms with Gasteiger partial charge >= 0.3 is 6.09 Å². The molecule has 2 rings (SSSR count). The van der Waals surface area contributed by atoms with Crippen molar-refractivity contribution >= 4 is 36.0 Å². The smallest absolute Gasteiger partial charge is 0.410 e. The van der Waals surface area contributed by atoms with Crippen LogP contribution in [0, 0.1) is 0 Å². The predicted octanol–water partition coefficient (Wildman–Crippen LogP) is 1.98. The molecule has 0 radical (unpaired) electrons. The van der Waals surface area contributed by atoms with E-state index >= 15 is 0 Å². The van der Waals surface area contributed by atoms with Gasteiger partial charge in [-0.2, -0.15) is 0 Å². The van der Waals surface area contributed by atoms with E-state index in [4.69, 9.17) is 4.74 Å². The molecule has 134 valence electrons. The number of likely N-dealkylation sites (tertiary alicyclic amines) is 1. The molecule has 7 nitrogen and oxygen atoms in total. The zero-order valence-electron chi connectivity index (χ0n) is 14.6. The molecule has 1 aliphatic heterocycles. The molecule has 2 N–H and O–H groups in total. The number of nitrogens with one attached hydrogen (secondary N) is 2. The normalized spacial score (nSPS) is 15.2. The summed E-state index contributed by atoms with van der Waals surface area (Å²) in [6.07, 6.45) is 1.49. The van der Waals surface area contributed by atoms with Gasteiger partial charge in [0.2, 0.25) is 0 Å². The number of amides is 1. The van der Waals surface area contributed by atoms with E-state index in [2.05, 4.69) is 20.6 Å². The zero-order valence-corrected chi connectivity index (χ0v) is 16.9. The number of carbonyl (C=O) groups excluding carboxylic acids is 1. The molecule has 0 saturated carbocycles. The van der Waals surface area contributed by atoms with Gasteiger partial charge < -0.3 is 20.3 Å². The van der Waals surface area contributed by atoms with E-state index in [0.29, 0.717) is 25.6 Å². The van der Waals surface area contributed by atoms with Gasteiger partial charge in [0.05, 0.1) is 18.3 Å². The molecule has 0 unspecified atom stereocenters. The Morgan fingerprint density at radius 2 is 2.12 bits per heavy atom. The highest BCUT2D eigenvalue weighted by atomic mass is 127. The van der Waals surface area contributed by atoms with Crippen LogP contribution in [-0.2, 0) is 11.3 Å². The van der Waals surface area contributed by atoms with Gasteiger partial charge in [-0.1, -0.05) is 6.07 Å². The summed E-state index contributed by atoms with van der Waals surface area (Å²) >= 11 is 0. The Morgan fingerprint density at radius 3 is 2.67 bits per heavy atom. The maximum atomic E-state index is 11.9. The van der Waals surface area contributed by atoms with Crippen molar-refractivity contribution in [2.75, 3.05) is 20.1 Å². The number of carbonyl (C=O) groups is 1. The number of rotatable bonds is 3. The summed E-state index contributed by atoms with van der Waals surface area (Å²) in [5.74, 6) is 0.699. The Kier molecular flexibility index (Phi) is 7.71. The van der Waals surface area contributed by atoms with E-state index in [1.54, 1.807) is 18.1 Å². The maximum absolute atomic E-state index is 11.9. The van der Waals surface area contributed by atoms with Crippen LogP contribution < -0.4 is 10.6 Å². The quantitative estimate of drug-likeness (QED) is 0.421. The number of guanidine groups is 1. The maximum Gasteiger partial charge on any atom is 0.410 e. The Labute approximate surface area is 160 Å². The van der Waals surface area contributed by atoms with Crippen molar-refractivity contribution in [3.8, 4) is 0 Å². The van der Waals surface area contributed by atoms with Gasteiger partial charge in [0.1, 0.15) is 5.60 Å². The molecule has 0 bridgehead atoms. The van der Waals surface area contributed by atoms with Gasteiger partial charge in [0, 0.05) is 26.3 Å². The van der Waals surface area contributed by atoms with Crippen LogP contribution in [0.1, 0.15) is 26.5 Å². The highest BCUT2D eigenvalue weighted by Crippen LogP contribution is 2.15. The van der Waals surface area contributed by atoms with Crippen molar-refractivity contribution in [1.82, 2.24) is 20.5 Å². The average Bonchev–Trinajstić information content (AvgIpc) is 2.44. The molecule has 1 aliphatic rings. The SMILES string of the molecule is CN=C(NCc1ccccn1)NC1CN(C(=O)OC(C)(C)C)C1.I. The number of ether oxygens (including phenoxy) is 1. The topological polar surface area (TPSA) is 78.9 Å². The molecule has 1 saturated heterocycles. The van der Waals surface area contributed by atoms with Crippen LogP contribution in [0.25, 0.3) is 0 Å². The van der Waals surface area contributed by atoms with Gasteiger partial charge in [-0.3, -0.25) is 9.98 Å². The second-order valence-electron chi connectivity index (χ2n) is 6.47. The minimum absolute atomic E-state index is 0. The first kappa shape index (κ1) is 20.5. The summed E-state index contributed by atoms with van der Waals surface area (Å²) < 4.78 is 5.33. The highest BCUT2D eigenvalue weighted by molar-refractivity contribution is 14.0. The molecule has 0 aliphatic carbocycles. The molecule has 2 heterocycles. The fourth-order valence-corrected chi connectivity index (χ4v) is 2.11. The Morgan fingerprint density at radius 1 is 1.42 bits per heavy atom. The van der Waals surface area contributed by atoms with Gasteiger partial charge in [0.15, 0.2) is 5.96 Å². The second-order valence-corrected chi connectivity index (χ2v) is 6.47. The lowest BCUT2D eigenvalue weighted by Gasteiger charge is -2.40. The van der Waals surface area contributed by atoms with Crippen molar-refractivity contribution in [1.29, 1.82) is 0 Å². The average molecular weight is 447 g/mol. The van der Waals surface area contributed by atoms with E-state index in [1.807, 2.05) is 39.0 Å². The summed E-state index contributed by atoms with van der Waals surface area (Å²) in [4.78, 5) is 22.0. The minimum atomic E-state index is -0.462. The number of pyridine rings is 1. The van der Waals surface area contributed by atoms with Crippen LogP contribution in [0.4, 0.5) is 4.79 Å². The highest BCUT2D eigenvalue weighted by Gasteiger charge is 2.34. The number of nitrogens with zero attached hydrogens (tertiary/aromatic N) is 3. The number of aliphatic imine (C=N–C) groups is 1. The van der Waals surface area contributed by atoms with Crippen molar-refractivity contribution in [3.05, 3.63) is 30.1 Å². The van der Waals surface area contributed by atoms with Gasteiger partial charge in [-0.15, -0.1) is 24.0 Å². The van der Waals surface area contributed by atoms with Crippen molar-refractivity contribution in [2.24, 2.45) is 4.99 Å². The molecule has 0 aromatic carbocycles. The first-order valence-corrected chi connectivity index (χ1v) is 7.72. The number of hydrogen-bond acceptors (Lipinski definition) is 4. The molecule has 24 heavy (non-hydrogen) atoms. The summed E-state index contributed by atoms with van der Waals surface area (Å²) in [6.45, 7) is 7.42. The Hall–Kier alpha value is -1.58. The summed E-state index contributed by atoms with van der Waals surface area (Å²) in [6, 6.07) is 5.96. The largest absolute Gasteiger partial charge is 0.444 e. The van der Waals surface area contributed by atoms with Crippen LogP contribution in [0.3, 0.4) is 0 Å². The van der Waals surface area contributed by atoms with E-state index < -0.39 is 5.60 Å². The molecule has 0 spiro atoms. The lowest BCUT2D eigenvalue weighted by molar-refractivity contribution is 0.00701. The number of aromatic nitrogens is 1. The van der Waals surface area contributed by atoms with Crippen LogP contribution in [0.15, 0.2) is 29.4 Å². The van der Waals surface area contributed by atoms with Crippen LogP contribution >= 0.6 is 24.0 Å². The fraction of sp³-hybridized carbons (Fsp3) is 0.562. The molecule has 1 amide bonds. The molecule has 1 fully saturated rings. The summed E-state index contributed by atoms with van der Waals surface area (Å²) in [5.41, 5.74) is 0.482. The number of halogens is 1. The Balaban J connectivity index is 0.00000288. The summed E-state index contributed by atoms with van der Waals surface area (Å²) in [7, 11) is 1.72. The van der Waals surface area contributed by atoms with E-state index in [0.717, 1.165) is 5.69 Å². The minimum Gasteiger partial charge on any atom is -0.444 e. The standard InChI is InChI=1S/C16H25N5O2.HI/c1-16(2,3)23-15(22)21-10-13(11-21)20-14(17-4)19-9-12-7-5-6-8-18-12;/h5-8,13H,9-11H2,1-4H3,(H2,17,19,20);1H. The Bertz CT molecular complexity index is 553. The first-order chi connectivity index (χ1) is 10.9. The van der Waals surface area contributed by atoms with Gasteiger partial charge in [-0.25, -0.2) is 4.79 Å². The third-order valence-corrected chi connectivity index (χ3v) is 3.26. The lowest BCUT2D eigenvalue weighted by Crippen LogP contribution is -2.63. The predicted molar refractivity (Wildman–Crippen MR) is 105 cm³/mol. The lowest BCUT2D eigenvalue weighted by atomic mass is 10.1. The molecule has 1 aromatic heterocycles. The van der Waals surface area contributed by atoms with Gasteiger partial charge in [0.25, 0.3) is 0 Å². The van der Waals surface area contributed by atoms with Crippen molar-refractivity contribution in [3.63, 3.8) is 0 Å². The van der Waals surface area contributed by atoms with E-state index in [9.17, 15) is 4.79 Å². The van der Waals surface area contributed by atoms with Crippen LogP contribution in [-0.4, -0.2) is 53.7 Å². The van der Waals surface area contributed by atoms with Crippen LogP contribution in [0.5, 0.6) is 0 Å². The molecule has 1 aromatic rings. The third kappa shape index (κ3) is 6.50.